The van der Waals surface area contributed by atoms with E-state index in [1.54, 1.807) is 0 Å². The van der Waals surface area contributed by atoms with Gasteiger partial charge in [-0.15, -0.1) is 0 Å². The summed E-state index contributed by atoms with van der Waals surface area (Å²) in [6.45, 7) is 0.873. The van der Waals surface area contributed by atoms with Gasteiger partial charge in [-0.2, -0.15) is 0 Å². The van der Waals surface area contributed by atoms with Gasteiger partial charge in [-0.05, 0) is 53.8 Å². The predicted molar refractivity (Wildman–Crippen MR) is 75.9 cm³/mol. The van der Waals surface area contributed by atoms with Gasteiger partial charge in [0.1, 0.15) is 5.82 Å². The number of halogens is 2. The summed E-state index contributed by atoms with van der Waals surface area (Å²) in [5, 5.41) is 4.31. The summed E-state index contributed by atoms with van der Waals surface area (Å²) in [5.74, 6) is -0.183. The summed E-state index contributed by atoms with van der Waals surface area (Å²) >= 11 is 6.04. The van der Waals surface area contributed by atoms with Crippen LogP contribution in [0.1, 0.15) is 16.7 Å². The lowest BCUT2D eigenvalue weighted by molar-refractivity contribution is 0.477. The zero-order chi connectivity index (χ0) is 13.2. The normalized spacial score (nSPS) is 18.1. The molecule has 3 rings (SSSR count). The molecule has 2 aromatic rings. The molecular formula is C16H15ClFN. The molecule has 0 fully saturated rings. The quantitative estimate of drug-likeness (QED) is 0.880. The van der Waals surface area contributed by atoms with Crippen molar-refractivity contribution in [2.75, 3.05) is 0 Å². The Bertz CT molecular complexity index is 580. The van der Waals surface area contributed by atoms with E-state index >= 15 is 0 Å². The maximum Gasteiger partial charge on any atom is 0.123 e. The van der Waals surface area contributed by atoms with E-state index in [4.69, 9.17) is 11.6 Å². The molecule has 0 aliphatic carbocycles. The van der Waals surface area contributed by atoms with Crippen molar-refractivity contribution in [3.05, 3.63) is 70.0 Å². The van der Waals surface area contributed by atoms with Crippen LogP contribution in [-0.4, -0.2) is 6.04 Å². The second kappa shape index (κ2) is 5.32. The minimum absolute atomic E-state index is 0.183. The van der Waals surface area contributed by atoms with Crippen LogP contribution in [0, 0.1) is 5.82 Å². The molecule has 19 heavy (non-hydrogen) atoms. The third kappa shape index (κ3) is 2.96. The first-order chi connectivity index (χ1) is 9.20. The average molecular weight is 276 g/mol. The van der Waals surface area contributed by atoms with E-state index in [1.165, 1.54) is 23.3 Å². The van der Waals surface area contributed by atoms with Crippen LogP contribution in [0.4, 0.5) is 4.39 Å². The van der Waals surface area contributed by atoms with E-state index in [9.17, 15) is 4.39 Å². The van der Waals surface area contributed by atoms with Gasteiger partial charge in [-0.1, -0.05) is 29.8 Å². The van der Waals surface area contributed by atoms with Gasteiger partial charge >= 0.3 is 0 Å². The van der Waals surface area contributed by atoms with Gasteiger partial charge in [0.2, 0.25) is 0 Å². The van der Waals surface area contributed by atoms with Crippen molar-refractivity contribution in [1.82, 2.24) is 5.32 Å². The van der Waals surface area contributed by atoms with E-state index in [0.717, 1.165) is 30.0 Å². The van der Waals surface area contributed by atoms with Crippen molar-refractivity contribution in [2.24, 2.45) is 0 Å². The second-order valence-corrected chi connectivity index (χ2v) is 5.46. The fourth-order valence-electron chi connectivity index (χ4n) is 2.60. The van der Waals surface area contributed by atoms with Gasteiger partial charge in [0.05, 0.1) is 0 Å². The van der Waals surface area contributed by atoms with Crippen molar-refractivity contribution >= 4 is 11.6 Å². The molecule has 1 atom stereocenters. The zero-order valence-corrected chi connectivity index (χ0v) is 11.3. The van der Waals surface area contributed by atoms with E-state index in [1.807, 2.05) is 18.2 Å². The topological polar surface area (TPSA) is 12.0 Å². The largest absolute Gasteiger partial charge is 0.309 e. The fourth-order valence-corrected chi connectivity index (χ4v) is 2.79. The summed E-state index contributed by atoms with van der Waals surface area (Å²) in [6.07, 6.45) is 1.87. The van der Waals surface area contributed by atoms with Gasteiger partial charge < -0.3 is 5.32 Å². The number of hydrogen-bond acceptors (Lipinski definition) is 1. The highest BCUT2D eigenvalue weighted by Crippen LogP contribution is 2.22. The highest BCUT2D eigenvalue weighted by molar-refractivity contribution is 6.30. The lowest BCUT2D eigenvalue weighted by atomic mass is 9.92. The van der Waals surface area contributed by atoms with Gasteiger partial charge in [-0.25, -0.2) is 4.39 Å². The van der Waals surface area contributed by atoms with Crippen LogP contribution >= 0.6 is 11.6 Å². The SMILES string of the molecule is Fc1ccc(CC2Cc3cc(Cl)ccc3CN2)cc1. The number of rotatable bonds is 2. The van der Waals surface area contributed by atoms with E-state index in [-0.39, 0.29) is 5.82 Å². The Morgan fingerprint density at radius 3 is 2.68 bits per heavy atom. The molecule has 1 aliphatic rings. The third-order valence-corrected chi connectivity index (χ3v) is 3.85. The molecule has 0 radical (unpaired) electrons. The second-order valence-electron chi connectivity index (χ2n) is 5.03. The third-order valence-electron chi connectivity index (χ3n) is 3.61. The van der Waals surface area contributed by atoms with Crippen molar-refractivity contribution in [3.8, 4) is 0 Å². The molecule has 0 amide bonds. The van der Waals surface area contributed by atoms with Gasteiger partial charge in [0.15, 0.2) is 0 Å². The molecule has 0 aromatic heterocycles. The van der Waals surface area contributed by atoms with E-state index < -0.39 is 0 Å². The van der Waals surface area contributed by atoms with Crippen LogP contribution in [0.25, 0.3) is 0 Å². The average Bonchev–Trinajstić information content (AvgIpc) is 2.41. The standard InChI is InChI=1S/C16H15ClFN/c17-14-4-3-12-10-19-16(9-13(12)8-14)7-11-1-5-15(18)6-2-11/h1-6,8,16,19H,7,9-10H2. The Hall–Kier alpha value is -1.38. The van der Waals surface area contributed by atoms with Gasteiger partial charge in [0.25, 0.3) is 0 Å². The van der Waals surface area contributed by atoms with Gasteiger partial charge in [-0.3, -0.25) is 0 Å². The molecule has 1 heterocycles. The van der Waals surface area contributed by atoms with Crippen LogP contribution in [0.3, 0.4) is 0 Å². The molecule has 0 spiro atoms. The van der Waals surface area contributed by atoms with E-state index in [2.05, 4.69) is 17.4 Å². The fraction of sp³-hybridized carbons (Fsp3) is 0.250. The van der Waals surface area contributed by atoms with Crippen LogP contribution < -0.4 is 5.32 Å². The molecule has 98 valence electrons. The van der Waals surface area contributed by atoms with Crippen LogP contribution in [0.5, 0.6) is 0 Å². The molecule has 2 aromatic carbocycles. The first-order valence-corrected chi connectivity index (χ1v) is 6.83. The van der Waals surface area contributed by atoms with Crippen LogP contribution in [0.15, 0.2) is 42.5 Å². The zero-order valence-electron chi connectivity index (χ0n) is 10.5. The molecule has 0 saturated carbocycles. The highest BCUT2D eigenvalue weighted by Gasteiger charge is 2.18. The van der Waals surface area contributed by atoms with Gasteiger partial charge in [0, 0.05) is 17.6 Å². The Balaban J connectivity index is 1.73. The molecule has 0 saturated heterocycles. The molecule has 1 nitrogen and oxygen atoms in total. The molecule has 1 unspecified atom stereocenters. The summed E-state index contributed by atoms with van der Waals surface area (Å²) in [4.78, 5) is 0. The minimum Gasteiger partial charge on any atom is -0.309 e. The maximum atomic E-state index is 12.9. The number of fused-ring (bicyclic) bond motifs is 1. The molecule has 1 aliphatic heterocycles. The highest BCUT2D eigenvalue weighted by atomic mass is 35.5. The van der Waals surface area contributed by atoms with E-state index in [0.29, 0.717) is 6.04 Å². The Kier molecular flexibility index (Phi) is 3.54. The monoisotopic (exact) mass is 275 g/mol. The van der Waals surface area contributed by atoms with Crippen molar-refractivity contribution < 1.29 is 4.39 Å². The molecule has 1 N–H and O–H groups in total. The Morgan fingerprint density at radius 1 is 1.11 bits per heavy atom. The lowest BCUT2D eigenvalue weighted by Crippen LogP contribution is -2.37. The Morgan fingerprint density at radius 2 is 1.89 bits per heavy atom. The first kappa shape index (κ1) is 12.6. The van der Waals surface area contributed by atoms with Crippen molar-refractivity contribution in [1.29, 1.82) is 0 Å². The smallest absolute Gasteiger partial charge is 0.123 e. The van der Waals surface area contributed by atoms with Crippen LogP contribution in [0.2, 0.25) is 5.02 Å². The molecular weight excluding hydrogens is 261 g/mol. The predicted octanol–water partition coefficient (Wildman–Crippen LogP) is 3.74. The van der Waals surface area contributed by atoms with Crippen molar-refractivity contribution in [2.45, 2.75) is 25.4 Å². The maximum absolute atomic E-state index is 12.9. The summed E-state index contributed by atoms with van der Waals surface area (Å²) in [6, 6.07) is 13.2. The molecule has 0 bridgehead atoms. The lowest BCUT2D eigenvalue weighted by Gasteiger charge is -2.26. The minimum atomic E-state index is -0.183. The number of benzene rings is 2. The summed E-state index contributed by atoms with van der Waals surface area (Å²) in [5.41, 5.74) is 3.79. The molecule has 3 heteroatoms. The number of hydrogen-bond donors (Lipinski definition) is 1. The van der Waals surface area contributed by atoms with Crippen molar-refractivity contribution in [3.63, 3.8) is 0 Å². The number of nitrogens with one attached hydrogen (secondary N) is 1. The van der Waals surface area contributed by atoms with Crippen LogP contribution in [-0.2, 0) is 19.4 Å². The summed E-state index contributed by atoms with van der Waals surface area (Å²) in [7, 11) is 0. The Labute approximate surface area is 117 Å². The first-order valence-electron chi connectivity index (χ1n) is 6.46. The summed E-state index contributed by atoms with van der Waals surface area (Å²) < 4.78 is 12.9.